The molecule has 0 aliphatic heterocycles. The van der Waals surface area contributed by atoms with Gasteiger partial charge in [-0.25, -0.2) is 0 Å². The van der Waals surface area contributed by atoms with Crippen molar-refractivity contribution in [2.24, 2.45) is 0 Å². The van der Waals surface area contributed by atoms with Gasteiger partial charge in [0.25, 0.3) is 0 Å². The molecule has 0 aliphatic rings. The number of anilines is 2. The van der Waals surface area contributed by atoms with E-state index >= 15 is 0 Å². The van der Waals surface area contributed by atoms with Crippen LogP contribution in [0.5, 0.6) is 0 Å². The Bertz CT molecular complexity index is 526. The van der Waals surface area contributed by atoms with Crippen molar-refractivity contribution in [2.75, 3.05) is 23.7 Å². The fourth-order valence-electron chi connectivity index (χ4n) is 2.89. The van der Waals surface area contributed by atoms with Crippen LogP contribution in [0.2, 0.25) is 0 Å². The average molecular weight is 310 g/mol. The molecule has 0 heterocycles. The summed E-state index contributed by atoms with van der Waals surface area (Å²) in [6.45, 7) is 6.47. The van der Waals surface area contributed by atoms with Gasteiger partial charge in [-0.1, -0.05) is 63.1 Å². The third-order valence-electron chi connectivity index (χ3n) is 4.06. The van der Waals surface area contributed by atoms with Crippen LogP contribution in [0.25, 0.3) is 0 Å². The lowest BCUT2D eigenvalue weighted by molar-refractivity contribution is 0.884. The van der Waals surface area contributed by atoms with Crippen LogP contribution in [0.4, 0.5) is 11.4 Å². The normalized spacial score (nSPS) is 10.5. The lowest BCUT2D eigenvalue weighted by atomic mass is 10.1. The molecule has 0 amide bonds. The van der Waals surface area contributed by atoms with Gasteiger partial charge in [-0.3, -0.25) is 0 Å². The largest absolute Gasteiger partial charge is 0.385 e. The molecule has 2 N–H and O–H groups in total. The van der Waals surface area contributed by atoms with Crippen molar-refractivity contribution < 1.29 is 0 Å². The van der Waals surface area contributed by atoms with Crippen molar-refractivity contribution >= 4 is 11.4 Å². The summed E-state index contributed by atoms with van der Waals surface area (Å²) >= 11 is 0. The molecule has 2 aromatic rings. The maximum absolute atomic E-state index is 3.58. The number of aryl methyl sites for hydroxylation is 2. The SMILES string of the molecule is CCCc1ccccc1NCCCNc1ccccc1CCC. The zero-order valence-corrected chi connectivity index (χ0v) is 14.6. The van der Waals surface area contributed by atoms with Gasteiger partial charge in [0.05, 0.1) is 0 Å². The second-order valence-electron chi connectivity index (χ2n) is 6.02. The van der Waals surface area contributed by atoms with Gasteiger partial charge in [0.2, 0.25) is 0 Å². The van der Waals surface area contributed by atoms with Crippen LogP contribution in [0, 0.1) is 0 Å². The second kappa shape index (κ2) is 9.94. The summed E-state index contributed by atoms with van der Waals surface area (Å²) in [5, 5.41) is 7.17. The van der Waals surface area contributed by atoms with Crippen molar-refractivity contribution in [3.05, 3.63) is 59.7 Å². The van der Waals surface area contributed by atoms with Crippen LogP contribution in [0.3, 0.4) is 0 Å². The summed E-state index contributed by atoms with van der Waals surface area (Å²) in [7, 11) is 0. The maximum Gasteiger partial charge on any atom is 0.0372 e. The Kier molecular flexibility index (Phi) is 7.51. The van der Waals surface area contributed by atoms with E-state index in [1.54, 1.807) is 0 Å². The Morgan fingerprint density at radius 1 is 0.652 bits per heavy atom. The highest BCUT2D eigenvalue weighted by atomic mass is 14.9. The molecule has 2 rings (SSSR count). The van der Waals surface area contributed by atoms with E-state index < -0.39 is 0 Å². The highest BCUT2D eigenvalue weighted by Gasteiger charge is 2.01. The first kappa shape index (κ1) is 17.4. The molecule has 0 bridgehead atoms. The molecule has 2 heteroatoms. The van der Waals surface area contributed by atoms with Crippen molar-refractivity contribution in [3.63, 3.8) is 0 Å². The van der Waals surface area contributed by atoms with Gasteiger partial charge in [-0.15, -0.1) is 0 Å². The van der Waals surface area contributed by atoms with Crippen LogP contribution in [-0.2, 0) is 12.8 Å². The van der Waals surface area contributed by atoms with Gasteiger partial charge in [-0.05, 0) is 42.5 Å². The molecule has 0 unspecified atom stereocenters. The first-order valence-corrected chi connectivity index (χ1v) is 8.98. The third-order valence-corrected chi connectivity index (χ3v) is 4.06. The molecule has 0 radical (unpaired) electrons. The van der Waals surface area contributed by atoms with E-state index in [4.69, 9.17) is 0 Å². The van der Waals surface area contributed by atoms with Gasteiger partial charge < -0.3 is 10.6 Å². The minimum absolute atomic E-state index is 1.00. The Morgan fingerprint density at radius 2 is 1.09 bits per heavy atom. The molecule has 0 aliphatic carbocycles. The monoisotopic (exact) mass is 310 g/mol. The number of benzene rings is 2. The molecule has 2 aromatic carbocycles. The van der Waals surface area contributed by atoms with Crippen molar-refractivity contribution in [1.29, 1.82) is 0 Å². The number of hydrogen-bond acceptors (Lipinski definition) is 2. The van der Waals surface area contributed by atoms with Crippen molar-refractivity contribution in [1.82, 2.24) is 0 Å². The van der Waals surface area contributed by atoms with Crippen LogP contribution in [0.1, 0.15) is 44.2 Å². The van der Waals surface area contributed by atoms with E-state index in [-0.39, 0.29) is 0 Å². The first-order valence-electron chi connectivity index (χ1n) is 8.98. The van der Waals surface area contributed by atoms with Gasteiger partial charge >= 0.3 is 0 Å². The molecule has 2 nitrogen and oxygen atoms in total. The molecule has 0 aromatic heterocycles. The molecule has 23 heavy (non-hydrogen) atoms. The van der Waals surface area contributed by atoms with E-state index in [0.717, 1.165) is 32.4 Å². The molecule has 124 valence electrons. The smallest absolute Gasteiger partial charge is 0.0372 e. The Balaban J connectivity index is 1.76. The lowest BCUT2D eigenvalue weighted by Gasteiger charge is -2.13. The van der Waals surface area contributed by atoms with Gasteiger partial charge in [0.15, 0.2) is 0 Å². The van der Waals surface area contributed by atoms with E-state index in [2.05, 4.69) is 73.0 Å². The standard InChI is InChI=1S/C21H30N2/c1-3-10-18-12-5-7-14-20(18)22-16-9-17-23-21-15-8-6-13-19(21)11-4-2/h5-8,12-15,22-23H,3-4,9-11,16-17H2,1-2H3. The third kappa shape index (κ3) is 5.63. The summed E-state index contributed by atoms with van der Waals surface area (Å²) < 4.78 is 0. The van der Waals surface area contributed by atoms with E-state index in [0.29, 0.717) is 0 Å². The summed E-state index contributed by atoms with van der Waals surface area (Å²) in [5.41, 5.74) is 5.44. The average Bonchev–Trinajstić information content (AvgIpc) is 2.58. The zero-order valence-electron chi connectivity index (χ0n) is 14.6. The van der Waals surface area contributed by atoms with Gasteiger partial charge in [0.1, 0.15) is 0 Å². The number of para-hydroxylation sites is 2. The highest BCUT2D eigenvalue weighted by Crippen LogP contribution is 2.18. The van der Waals surface area contributed by atoms with Crippen molar-refractivity contribution in [3.8, 4) is 0 Å². The highest BCUT2D eigenvalue weighted by molar-refractivity contribution is 5.52. The van der Waals surface area contributed by atoms with E-state index in [1.165, 1.54) is 35.3 Å². The fraction of sp³-hybridized carbons (Fsp3) is 0.429. The Labute approximate surface area is 141 Å². The molecular weight excluding hydrogens is 280 g/mol. The topological polar surface area (TPSA) is 24.1 Å². The predicted octanol–water partition coefficient (Wildman–Crippen LogP) is 5.51. The maximum atomic E-state index is 3.58. The lowest BCUT2D eigenvalue weighted by Crippen LogP contribution is -2.11. The Hall–Kier alpha value is -1.96. The number of hydrogen-bond donors (Lipinski definition) is 2. The second-order valence-corrected chi connectivity index (χ2v) is 6.02. The minimum Gasteiger partial charge on any atom is -0.385 e. The predicted molar refractivity (Wildman–Crippen MR) is 102 cm³/mol. The minimum atomic E-state index is 1.00. The summed E-state index contributed by atoms with van der Waals surface area (Å²) in [6.07, 6.45) is 5.78. The fourth-order valence-corrected chi connectivity index (χ4v) is 2.89. The summed E-state index contributed by atoms with van der Waals surface area (Å²) in [5.74, 6) is 0. The molecule has 0 spiro atoms. The molecule has 0 atom stereocenters. The Morgan fingerprint density at radius 3 is 1.52 bits per heavy atom. The first-order chi connectivity index (χ1) is 11.3. The molecular formula is C21H30N2. The number of rotatable bonds is 10. The van der Waals surface area contributed by atoms with Crippen molar-refractivity contribution in [2.45, 2.75) is 46.0 Å². The van der Waals surface area contributed by atoms with Crippen LogP contribution >= 0.6 is 0 Å². The molecule has 0 fully saturated rings. The van der Waals surface area contributed by atoms with Crippen LogP contribution in [-0.4, -0.2) is 13.1 Å². The number of nitrogens with one attached hydrogen (secondary N) is 2. The molecule has 0 saturated carbocycles. The van der Waals surface area contributed by atoms with Gasteiger partial charge in [-0.2, -0.15) is 0 Å². The van der Waals surface area contributed by atoms with Gasteiger partial charge in [0, 0.05) is 24.5 Å². The summed E-state index contributed by atoms with van der Waals surface area (Å²) in [4.78, 5) is 0. The van der Waals surface area contributed by atoms with E-state index in [9.17, 15) is 0 Å². The van der Waals surface area contributed by atoms with Crippen LogP contribution in [0.15, 0.2) is 48.5 Å². The molecule has 0 saturated heterocycles. The van der Waals surface area contributed by atoms with E-state index in [1.807, 2.05) is 0 Å². The summed E-state index contributed by atoms with van der Waals surface area (Å²) in [6, 6.07) is 17.3. The zero-order chi connectivity index (χ0) is 16.3. The van der Waals surface area contributed by atoms with Crippen LogP contribution < -0.4 is 10.6 Å². The quantitative estimate of drug-likeness (QED) is 0.566.